The van der Waals surface area contributed by atoms with Crippen LogP contribution in [0, 0.1) is 0 Å². The minimum atomic E-state index is -0.596. The number of halogens is 1. The Labute approximate surface area is 153 Å². The van der Waals surface area contributed by atoms with Gasteiger partial charge in [-0.2, -0.15) is 0 Å². The molecule has 0 fully saturated rings. The lowest BCUT2D eigenvalue weighted by Crippen LogP contribution is -2.43. The molecular formula is C17H18ClN5O3. The molecule has 0 bridgehead atoms. The molecule has 0 aliphatic rings. The second-order valence-corrected chi connectivity index (χ2v) is 6.48. The summed E-state index contributed by atoms with van der Waals surface area (Å²) in [7, 11) is 3.17. The number of hydrogen-bond donors (Lipinski definition) is 1. The number of aromatic nitrogens is 4. The molecule has 9 heteroatoms. The standard InChI is InChI=1S/C17H18ClN5O3/c1-10(11-6-4-5-7-12(11)18)20-13(24)8-23-16(25)14-15(19-9-21(14)2)22(3)17(23)26/h4-7,9-10H,8H2,1-3H3,(H,20,24)/t10-/m0/s1. The first-order valence-corrected chi connectivity index (χ1v) is 8.33. The molecule has 0 saturated heterocycles. The summed E-state index contributed by atoms with van der Waals surface area (Å²) < 4.78 is 3.68. The maximum absolute atomic E-state index is 12.6. The summed E-state index contributed by atoms with van der Waals surface area (Å²) in [5.41, 5.74) is 0.151. The van der Waals surface area contributed by atoms with Crippen LogP contribution in [0.4, 0.5) is 0 Å². The lowest BCUT2D eigenvalue weighted by molar-refractivity contribution is -0.122. The van der Waals surface area contributed by atoms with Crippen LogP contribution in [-0.2, 0) is 25.4 Å². The zero-order valence-corrected chi connectivity index (χ0v) is 15.3. The summed E-state index contributed by atoms with van der Waals surface area (Å²) in [4.78, 5) is 41.5. The lowest BCUT2D eigenvalue weighted by atomic mass is 10.1. The third-order valence-corrected chi connectivity index (χ3v) is 4.60. The van der Waals surface area contributed by atoms with Gasteiger partial charge in [-0.05, 0) is 18.6 Å². The Morgan fingerprint density at radius 3 is 2.65 bits per heavy atom. The molecule has 1 atom stereocenters. The van der Waals surface area contributed by atoms with Gasteiger partial charge in [0, 0.05) is 19.1 Å². The van der Waals surface area contributed by atoms with E-state index in [0.29, 0.717) is 5.02 Å². The smallest absolute Gasteiger partial charge is 0.332 e. The summed E-state index contributed by atoms with van der Waals surface area (Å²) in [6.45, 7) is 1.39. The first kappa shape index (κ1) is 17.9. The predicted molar refractivity (Wildman–Crippen MR) is 98.2 cm³/mol. The van der Waals surface area contributed by atoms with Crippen molar-refractivity contribution in [3.63, 3.8) is 0 Å². The van der Waals surface area contributed by atoms with E-state index < -0.39 is 17.2 Å². The van der Waals surface area contributed by atoms with Gasteiger partial charge < -0.3 is 9.88 Å². The van der Waals surface area contributed by atoms with Crippen LogP contribution < -0.4 is 16.6 Å². The molecule has 0 unspecified atom stereocenters. The molecule has 0 saturated carbocycles. The number of nitrogens with zero attached hydrogens (tertiary/aromatic N) is 4. The number of carbonyl (C=O) groups is 1. The maximum atomic E-state index is 12.6. The van der Waals surface area contributed by atoms with E-state index in [1.54, 1.807) is 32.2 Å². The third kappa shape index (κ3) is 3.03. The van der Waals surface area contributed by atoms with Gasteiger partial charge in [-0.15, -0.1) is 0 Å². The monoisotopic (exact) mass is 375 g/mol. The average molecular weight is 376 g/mol. The largest absolute Gasteiger partial charge is 0.348 e. The number of carbonyl (C=O) groups excluding carboxylic acids is 1. The lowest BCUT2D eigenvalue weighted by Gasteiger charge is -2.16. The molecule has 1 amide bonds. The minimum Gasteiger partial charge on any atom is -0.348 e. The van der Waals surface area contributed by atoms with Crippen molar-refractivity contribution in [2.45, 2.75) is 19.5 Å². The van der Waals surface area contributed by atoms with E-state index in [2.05, 4.69) is 10.3 Å². The third-order valence-electron chi connectivity index (χ3n) is 4.25. The van der Waals surface area contributed by atoms with E-state index in [1.807, 2.05) is 6.07 Å². The predicted octanol–water partition coefficient (Wildman–Crippen LogP) is 0.965. The molecule has 1 N–H and O–H groups in total. The molecule has 3 rings (SSSR count). The molecule has 0 aliphatic carbocycles. The fraction of sp³-hybridized carbons (Fsp3) is 0.294. The second kappa shape index (κ2) is 6.80. The fourth-order valence-corrected chi connectivity index (χ4v) is 3.17. The van der Waals surface area contributed by atoms with Crippen LogP contribution in [0.2, 0.25) is 5.02 Å². The van der Waals surface area contributed by atoms with Crippen molar-refractivity contribution in [1.82, 2.24) is 24.0 Å². The van der Waals surface area contributed by atoms with Crippen molar-refractivity contribution in [3.05, 3.63) is 62.0 Å². The quantitative estimate of drug-likeness (QED) is 0.735. The number of rotatable bonds is 4. The fourth-order valence-electron chi connectivity index (χ4n) is 2.87. The van der Waals surface area contributed by atoms with Gasteiger partial charge in [0.25, 0.3) is 5.56 Å². The highest BCUT2D eigenvalue weighted by molar-refractivity contribution is 6.31. The van der Waals surface area contributed by atoms with Gasteiger partial charge in [0.2, 0.25) is 5.91 Å². The van der Waals surface area contributed by atoms with Gasteiger partial charge in [-0.25, -0.2) is 14.3 Å². The number of imidazole rings is 1. The Morgan fingerprint density at radius 2 is 1.96 bits per heavy atom. The first-order valence-electron chi connectivity index (χ1n) is 7.96. The van der Waals surface area contributed by atoms with Crippen LogP contribution in [0.3, 0.4) is 0 Å². The van der Waals surface area contributed by atoms with Gasteiger partial charge in [0.05, 0.1) is 12.4 Å². The van der Waals surface area contributed by atoms with E-state index in [0.717, 1.165) is 10.1 Å². The van der Waals surface area contributed by atoms with Crippen LogP contribution in [0.15, 0.2) is 40.2 Å². The molecular weight excluding hydrogens is 358 g/mol. The van der Waals surface area contributed by atoms with E-state index in [4.69, 9.17) is 11.6 Å². The summed E-state index contributed by atoms with van der Waals surface area (Å²) in [5, 5.41) is 3.29. The van der Waals surface area contributed by atoms with Gasteiger partial charge in [-0.1, -0.05) is 29.8 Å². The van der Waals surface area contributed by atoms with Crippen LogP contribution in [0.25, 0.3) is 11.2 Å². The Bertz CT molecular complexity index is 1110. The molecule has 1 aromatic carbocycles. The van der Waals surface area contributed by atoms with Crippen molar-refractivity contribution in [2.75, 3.05) is 0 Å². The van der Waals surface area contributed by atoms with Crippen LogP contribution in [0.1, 0.15) is 18.5 Å². The van der Waals surface area contributed by atoms with Crippen molar-refractivity contribution in [2.24, 2.45) is 14.1 Å². The van der Waals surface area contributed by atoms with Crippen molar-refractivity contribution in [1.29, 1.82) is 0 Å². The Morgan fingerprint density at radius 1 is 1.27 bits per heavy atom. The van der Waals surface area contributed by atoms with E-state index in [1.165, 1.54) is 22.5 Å². The molecule has 0 radical (unpaired) electrons. The van der Waals surface area contributed by atoms with Crippen LogP contribution in [0.5, 0.6) is 0 Å². The molecule has 3 aromatic rings. The van der Waals surface area contributed by atoms with E-state index >= 15 is 0 Å². The highest BCUT2D eigenvalue weighted by atomic mass is 35.5. The maximum Gasteiger partial charge on any atom is 0.332 e. The first-order chi connectivity index (χ1) is 12.3. The van der Waals surface area contributed by atoms with E-state index in [-0.39, 0.29) is 23.8 Å². The highest BCUT2D eigenvalue weighted by Crippen LogP contribution is 2.21. The number of hydrogen-bond acceptors (Lipinski definition) is 4. The molecule has 8 nitrogen and oxygen atoms in total. The van der Waals surface area contributed by atoms with Gasteiger partial charge in [0.1, 0.15) is 6.54 Å². The molecule has 0 spiro atoms. The molecule has 26 heavy (non-hydrogen) atoms. The van der Waals surface area contributed by atoms with E-state index in [9.17, 15) is 14.4 Å². The zero-order valence-electron chi connectivity index (χ0n) is 14.6. The minimum absolute atomic E-state index is 0.263. The molecule has 0 aliphatic heterocycles. The summed E-state index contributed by atoms with van der Waals surface area (Å²) >= 11 is 6.13. The second-order valence-electron chi connectivity index (χ2n) is 6.07. The zero-order chi connectivity index (χ0) is 19.0. The number of benzene rings is 1. The number of fused-ring (bicyclic) bond motifs is 1. The normalized spacial score (nSPS) is 12.3. The van der Waals surface area contributed by atoms with Crippen molar-refractivity contribution >= 4 is 28.7 Å². The summed E-state index contributed by atoms with van der Waals surface area (Å²) in [6.07, 6.45) is 1.45. The number of amides is 1. The Hall–Kier alpha value is -2.87. The highest BCUT2D eigenvalue weighted by Gasteiger charge is 2.18. The number of aryl methyl sites for hydroxylation is 2. The molecule has 136 valence electrons. The SMILES string of the molecule is C[C@H](NC(=O)Cn1c(=O)c2c(ncn2C)n(C)c1=O)c1ccccc1Cl. The molecule has 2 heterocycles. The summed E-state index contributed by atoms with van der Waals surface area (Å²) in [5.74, 6) is -0.460. The molecule has 2 aromatic heterocycles. The van der Waals surface area contributed by atoms with Gasteiger partial charge in [0.15, 0.2) is 11.2 Å². The van der Waals surface area contributed by atoms with Gasteiger partial charge in [-0.3, -0.25) is 14.2 Å². The topological polar surface area (TPSA) is 90.9 Å². The van der Waals surface area contributed by atoms with Gasteiger partial charge >= 0.3 is 5.69 Å². The van der Waals surface area contributed by atoms with Crippen LogP contribution >= 0.6 is 11.6 Å². The Balaban J connectivity index is 1.91. The average Bonchev–Trinajstić information content (AvgIpc) is 2.99. The van der Waals surface area contributed by atoms with Crippen LogP contribution in [-0.4, -0.2) is 24.6 Å². The Kier molecular flexibility index (Phi) is 4.69. The van der Waals surface area contributed by atoms with Crippen molar-refractivity contribution < 1.29 is 4.79 Å². The van der Waals surface area contributed by atoms with Crippen molar-refractivity contribution in [3.8, 4) is 0 Å². The number of nitrogens with one attached hydrogen (secondary N) is 1. The summed E-state index contributed by atoms with van der Waals surface area (Å²) in [6, 6.07) is 6.79.